The molecular formula is C34H52BrN3O6. The Balaban J connectivity index is 0.000000402. The van der Waals surface area contributed by atoms with E-state index in [1.54, 1.807) is 18.2 Å². The molecule has 0 radical (unpaired) electrons. The molecule has 10 heteroatoms. The molecule has 2 atom stereocenters. The fourth-order valence-corrected chi connectivity index (χ4v) is 4.61. The first-order chi connectivity index (χ1) is 21.1. The highest BCUT2D eigenvalue weighted by Gasteiger charge is 2.17. The van der Waals surface area contributed by atoms with Gasteiger partial charge in [-0.15, -0.1) is 0 Å². The first-order valence-electron chi connectivity index (χ1n) is 15.6. The molecule has 0 fully saturated rings. The Hall–Kier alpha value is -2.31. The molecule has 0 saturated heterocycles. The molecule has 1 heterocycles. The second-order valence-corrected chi connectivity index (χ2v) is 12.7. The van der Waals surface area contributed by atoms with Crippen LogP contribution >= 0.6 is 15.9 Å². The lowest BCUT2D eigenvalue weighted by atomic mass is 10.1. The molecule has 0 saturated carbocycles. The Bertz CT molecular complexity index is 1160. The fraction of sp³-hybridized carbons (Fsp3) is 0.559. The molecule has 0 bridgehead atoms. The average Bonchev–Trinajstić information content (AvgIpc) is 3.45. The van der Waals surface area contributed by atoms with Crippen LogP contribution in [0.15, 0.2) is 63.7 Å². The first-order valence-corrected chi connectivity index (χ1v) is 16.4. The minimum absolute atomic E-state index is 0.0156. The van der Waals surface area contributed by atoms with Gasteiger partial charge < -0.3 is 40.3 Å². The number of ether oxygens (including phenoxy) is 1. The van der Waals surface area contributed by atoms with Crippen LogP contribution in [-0.2, 0) is 17.8 Å². The number of hydrogen-bond acceptors (Lipinski definition) is 9. The third-order valence-corrected chi connectivity index (χ3v) is 7.26. The summed E-state index contributed by atoms with van der Waals surface area (Å²) in [5.74, 6) is 0.520. The number of β-amino-alcohol motifs (C(OH)–C–C–N with tert-alkyl or cyclic N) is 1. The van der Waals surface area contributed by atoms with E-state index >= 15 is 0 Å². The molecular weight excluding hydrogens is 626 g/mol. The second-order valence-electron chi connectivity index (χ2n) is 11.9. The van der Waals surface area contributed by atoms with Crippen LogP contribution in [0, 0.1) is 0 Å². The van der Waals surface area contributed by atoms with Crippen molar-refractivity contribution in [2.45, 2.75) is 90.1 Å². The Labute approximate surface area is 271 Å². The Morgan fingerprint density at radius 2 is 1.59 bits per heavy atom. The van der Waals surface area contributed by atoms with Gasteiger partial charge in [-0.25, -0.2) is 0 Å². The number of halogens is 1. The van der Waals surface area contributed by atoms with Gasteiger partial charge in [0.15, 0.2) is 5.76 Å². The maximum atomic E-state index is 10.2. The van der Waals surface area contributed by atoms with E-state index in [0.29, 0.717) is 34.6 Å². The zero-order valence-corrected chi connectivity index (χ0v) is 28.1. The van der Waals surface area contributed by atoms with Crippen molar-refractivity contribution in [2.75, 3.05) is 32.8 Å². The van der Waals surface area contributed by atoms with Crippen LogP contribution in [-0.4, -0.2) is 64.0 Å². The van der Waals surface area contributed by atoms with Crippen LogP contribution in [0.4, 0.5) is 0 Å². The molecule has 2 aromatic carbocycles. The number of rotatable bonds is 19. The van der Waals surface area contributed by atoms with Crippen LogP contribution in [0.1, 0.15) is 94.0 Å². The summed E-state index contributed by atoms with van der Waals surface area (Å²) in [4.78, 5) is 0. The van der Waals surface area contributed by atoms with Crippen LogP contribution in [0.2, 0.25) is 0 Å². The van der Waals surface area contributed by atoms with E-state index in [-0.39, 0.29) is 17.9 Å². The van der Waals surface area contributed by atoms with Crippen LogP contribution in [0.5, 0.6) is 5.75 Å². The monoisotopic (exact) mass is 677 g/mol. The number of nitrogens with zero attached hydrogens (tertiary/aromatic N) is 1. The van der Waals surface area contributed by atoms with Gasteiger partial charge in [0.05, 0.1) is 12.7 Å². The highest BCUT2D eigenvalue weighted by Crippen LogP contribution is 2.22. The zero-order valence-electron chi connectivity index (χ0n) is 26.5. The van der Waals surface area contributed by atoms with Gasteiger partial charge in [-0.1, -0.05) is 54.4 Å². The summed E-state index contributed by atoms with van der Waals surface area (Å²) in [6.45, 7) is 9.33. The number of hydrogen-bond donors (Lipinski definition) is 6. The molecule has 0 spiro atoms. The number of aliphatic hydroxyl groups is 3. The van der Waals surface area contributed by atoms with Gasteiger partial charge in [0, 0.05) is 43.5 Å². The standard InChI is InChI=1S/C25H37NO4.C9H15BrN2O2/c27-20-23-18-22(13-14-24(23)28)25(29)19-26-15-7-1-2-8-16-30-17-9-6-12-21-10-4-3-5-11-21;1-9(2,3)11-5-6(13)7-4-8(10)12-14-7/h3-5,10-11,13-14,18,25-29H,1-2,6-9,12,15-17,19-20H2;4,6,11,13H,5H2,1-3H3. The summed E-state index contributed by atoms with van der Waals surface area (Å²) in [5.41, 5.74) is 2.52. The molecule has 3 rings (SSSR count). The van der Waals surface area contributed by atoms with Crippen molar-refractivity contribution in [3.05, 3.63) is 81.7 Å². The van der Waals surface area contributed by atoms with Gasteiger partial charge in [0.2, 0.25) is 0 Å². The number of benzene rings is 2. The van der Waals surface area contributed by atoms with Crippen molar-refractivity contribution < 1.29 is 29.7 Å². The Kier molecular flexibility index (Phi) is 18.4. The maximum Gasteiger partial charge on any atom is 0.167 e. The summed E-state index contributed by atoms with van der Waals surface area (Å²) in [5, 5.41) is 48.7. The highest BCUT2D eigenvalue weighted by atomic mass is 79.9. The number of aromatic nitrogens is 1. The lowest BCUT2D eigenvalue weighted by Crippen LogP contribution is -2.38. The Morgan fingerprint density at radius 1 is 0.886 bits per heavy atom. The number of aromatic hydroxyl groups is 1. The molecule has 0 aliphatic carbocycles. The number of unbranched alkanes of at least 4 members (excludes halogenated alkanes) is 4. The maximum absolute atomic E-state index is 10.2. The minimum atomic E-state index is -0.659. The van der Waals surface area contributed by atoms with Crippen LogP contribution in [0.3, 0.4) is 0 Å². The van der Waals surface area contributed by atoms with E-state index in [4.69, 9.17) is 9.26 Å². The molecule has 9 nitrogen and oxygen atoms in total. The van der Waals surface area contributed by atoms with Crippen molar-refractivity contribution in [1.82, 2.24) is 15.8 Å². The van der Waals surface area contributed by atoms with Crippen LogP contribution in [0.25, 0.3) is 0 Å². The topological polar surface area (TPSA) is 140 Å². The molecule has 6 N–H and O–H groups in total. The van der Waals surface area contributed by atoms with Crippen molar-refractivity contribution in [3.8, 4) is 5.75 Å². The molecule has 0 aliphatic rings. The van der Waals surface area contributed by atoms with Gasteiger partial charge in [0.1, 0.15) is 16.5 Å². The quantitative estimate of drug-likeness (QED) is 0.0847. The highest BCUT2D eigenvalue weighted by molar-refractivity contribution is 9.10. The van der Waals surface area contributed by atoms with E-state index in [0.717, 1.165) is 58.3 Å². The molecule has 0 aliphatic heterocycles. The van der Waals surface area contributed by atoms with Crippen molar-refractivity contribution in [3.63, 3.8) is 0 Å². The predicted octanol–water partition coefficient (Wildman–Crippen LogP) is 5.97. The molecule has 246 valence electrons. The molecule has 44 heavy (non-hydrogen) atoms. The summed E-state index contributed by atoms with van der Waals surface area (Å²) in [7, 11) is 0. The van der Waals surface area contributed by atoms with Gasteiger partial charge in [-0.2, -0.15) is 0 Å². The number of nitrogens with one attached hydrogen (secondary N) is 2. The second kappa shape index (κ2) is 21.4. The average molecular weight is 679 g/mol. The first kappa shape index (κ1) is 37.9. The van der Waals surface area contributed by atoms with E-state index in [2.05, 4.69) is 62.1 Å². The smallest absolute Gasteiger partial charge is 0.167 e. The van der Waals surface area contributed by atoms with Crippen molar-refractivity contribution in [2.24, 2.45) is 0 Å². The predicted molar refractivity (Wildman–Crippen MR) is 177 cm³/mol. The number of phenols is 1. The van der Waals surface area contributed by atoms with Crippen molar-refractivity contribution in [1.29, 1.82) is 0 Å². The largest absolute Gasteiger partial charge is 0.508 e. The molecule has 2 unspecified atom stereocenters. The molecule has 1 aromatic heterocycles. The minimum Gasteiger partial charge on any atom is -0.508 e. The van der Waals surface area contributed by atoms with Crippen molar-refractivity contribution >= 4 is 15.9 Å². The fourth-order valence-electron chi connectivity index (χ4n) is 4.31. The van der Waals surface area contributed by atoms with Crippen LogP contribution < -0.4 is 10.6 Å². The SMILES string of the molecule is CC(C)(C)NCC(O)c1cc(Br)no1.OCc1cc(C(O)CNCCCCCCOCCCCc2ccccc2)ccc1O. The van der Waals surface area contributed by atoms with E-state index in [9.17, 15) is 20.4 Å². The molecule has 3 aromatic rings. The van der Waals surface area contributed by atoms with E-state index < -0.39 is 12.2 Å². The lowest BCUT2D eigenvalue weighted by Gasteiger charge is -2.21. The molecule has 0 amide bonds. The van der Waals surface area contributed by atoms with E-state index in [1.165, 1.54) is 18.1 Å². The van der Waals surface area contributed by atoms with Gasteiger partial charge in [-0.3, -0.25) is 0 Å². The number of aliphatic hydroxyl groups excluding tert-OH is 3. The Morgan fingerprint density at radius 3 is 2.25 bits per heavy atom. The zero-order chi connectivity index (χ0) is 32.2. The summed E-state index contributed by atoms with van der Waals surface area (Å²) in [6.07, 6.45) is 6.58. The number of aryl methyl sites for hydroxylation is 1. The normalized spacial score (nSPS) is 12.9. The summed E-state index contributed by atoms with van der Waals surface area (Å²) < 4.78 is 11.2. The third kappa shape index (κ3) is 16.7. The summed E-state index contributed by atoms with van der Waals surface area (Å²) in [6, 6.07) is 17.1. The van der Waals surface area contributed by atoms with Gasteiger partial charge >= 0.3 is 0 Å². The van der Waals surface area contributed by atoms with Gasteiger partial charge in [0.25, 0.3) is 0 Å². The summed E-state index contributed by atoms with van der Waals surface area (Å²) >= 11 is 3.15. The van der Waals surface area contributed by atoms with E-state index in [1.807, 2.05) is 20.8 Å². The lowest BCUT2D eigenvalue weighted by molar-refractivity contribution is 0.126. The third-order valence-electron chi connectivity index (χ3n) is 6.89. The van der Waals surface area contributed by atoms with Gasteiger partial charge in [-0.05, 0) is 98.6 Å².